The Labute approximate surface area is 119 Å². The van der Waals surface area contributed by atoms with Crippen LogP contribution in [0.3, 0.4) is 0 Å². The number of hydrogen-bond acceptors (Lipinski definition) is 5. The van der Waals surface area contributed by atoms with E-state index in [9.17, 15) is 0 Å². The SMILES string of the molecule is NCc1ccc(OC2CCOC3(CCOCC3)C2)cn1. The van der Waals surface area contributed by atoms with Gasteiger partial charge in [0.1, 0.15) is 11.9 Å². The van der Waals surface area contributed by atoms with Gasteiger partial charge in [0.2, 0.25) is 0 Å². The van der Waals surface area contributed by atoms with E-state index in [-0.39, 0.29) is 11.7 Å². The third-order valence-corrected chi connectivity index (χ3v) is 4.16. The Kier molecular flexibility index (Phi) is 4.19. The van der Waals surface area contributed by atoms with Crippen LogP contribution in [0.4, 0.5) is 0 Å². The van der Waals surface area contributed by atoms with Crippen LogP contribution >= 0.6 is 0 Å². The number of ether oxygens (including phenoxy) is 3. The number of nitrogens with two attached hydrogens (primary N) is 1. The fourth-order valence-electron chi connectivity index (χ4n) is 2.97. The Morgan fingerprint density at radius 2 is 2.15 bits per heavy atom. The van der Waals surface area contributed by atoms with Gasteiger partial charge in [-0.1, -0.05) is 0 Å². The van der Waals surface area contributed by atoms with Crippen LogP contribution in [0.2, 0.25) is 0 Å². The van der Waals surface area contributed by atoms with Crippen LogP contribution in [0.1, 0.15) is 31.4 Å². The molecule has 0 radical (unpaired) electrons. The van der Waals surface area contributed by atoms with E-state index >= 15 is 0 Å². The van der Waals surface area contributed by atoms with Crippen molar-refractivity contribution in [3.05, 3.63) is 24.0 Å². The first-order valence-corrected chi connectivity index (χ1v) is 7.33. The van der Waals surface area contributed by atoms with E-state index in [1.165, 1.54) is 0 Å². The molecule has 0 aliphatic carbocycles. The molecule has 3 rings (SSSR count). The highest BCUT2D eigenvalue weighted by molar-refractivity contribution is 5.20. The van der Waals surface area contributed by atoms with E-state index in [1.807, 2.05) is 12.1 Å². The van der Waals surface area contributed by atoms with Gasteiger partial charge in [-0.05, 0) is 25.0 Å². The van der Waals surface area contributed by atoms with Crippen LogP contribution in [0.25, 0.3) is 0 Å². The van der Waals surface area contributed by atoms with Gasteiger partial charge in [-0.2, -0.15) is 0 Å². The van der Waals surface area contributed by atoms with E-state index in [0.29, 0.717) is 6.54 Å². The van der Waals surface area contributed by atoms with Gasteiger partial charge >= 0.3 is 0 Å². The van der Waals surface area contributed by atoms with Crippen LogP contribution in [-0.4, -0.2) is 36.5 Å². The maximum absolute atomic E-state index is 6.06. The molecular weight excluding hydrogens is 256 g/mol. The van der Waals surface area contributed by atoms with E-state index in [4.69, 9.17) is 19.9 Å². The summed E-state index contributed by atoms with van der Waals surface area (Å²) >= 11 is 0. The Bertz CT molecular complexity index is 424. The molecule has 20 heavy (non-hydrogen) atoms. The average Bonchev–Trinajstić information content (AvgIpc) is 2.49. The third kappa shape index (κ3) is 3.11. The van der Waals surface area contributed by atoms with Crippen molar-refractivity contribution in [2.24, 2.45) is 5.73 Å². The van der Waals surface area contributed by atoms with E-state index in [2.05, 4.69) is 4.98 Å². The van der Waals surface area contributed by atoms with Crippen molar-refractivity contribution in [2.45, 2.75) is 43.9 Å². The molecule has 5 heteroatoms. The molecule has 3 heterocycles. The summed E-state index contributed by atoms with van der Waals surface area (Å²) in [4.78, 5) is 4.27. The Morgan fingerprint density at radius 3 is 2.85 bits per heavy atom. The van der Waals surface area contributed by atoms with Gasteiger partial charge in [0.05, 0.1) is 24.1 Å². The molecule has 1 aromatic heterocycles. The molecule has 1 aromatic rings. The summed E-state index contributed by atoms with van der Waals surface area (Å²) in [5.74, 6) is 0.816. The number of hydrogen-bond donors (Lipinski definition) is 1. The second-order valence-corrected chi connectivity index (χ2v) is 5.57. The third-order valence-electron chi connectivity index (χ3n) is 4.16. The lowest BCUT2D eigenvalue weighted by Crippen LogP contribution is -2.47. The quantitative estimate of drug-likeness (QED) is 0.910. The molecule has 2 N–H and O–H groups in total. The Morgan fingerprint density at radius 1 is 1.30 bits per heavy atom. The second-order valence-electron chi connectivity index (χ2n) is 5.57. The summed E-state index contributed by atoms with van der Waals surface area (Å²) in [6.45, 7) is 2.80. The lowest BCUT2D eigenvalue weighted by Gasteiger charge is -2.43. The van der Waals surface area contributed by atoms with Crippen molar-refractivity contribution in [3.8, 4) is 5.75 Å². The first-order valence-electron chi connectivity index (χ1n) is 7.33. The minimum Gasteiger partial charge on any atom is -0.489 e. The summed E-state index contributed by atoms with van der Waals surface area (Å²) in [5, 5.41) is 0. The minimum absolute atomic E-state index is 0.0359. The molecule has 0 amide bonds. The largest absolute Gasteiger partial charge is 0.489 e. The first-order chi connectivity index (χ1) is 9.80. The van der Waals surface area contributed by atoms with Crippen LogP contribution in [-0.2, 0) is 16.0 Å². The molecule has 0 aromatic carbocycles. The smallest absolute Gasteiger partial charge is 0.138 e. The number of nitrogens with zero attached hydrogens (tertiary/aromatic N) is 1. The monoisotopic (exact) mass is 278 g/mol. The topological polar surface area (TPSA) is 66.6 Å². The van der Waals surface area contributed by atoms with Gasteiger partial charge in [0.15, 0.2) is 0 Å². The van der Waals surface area contributed by atoms with E-state index < -0.39 is 0 Å². The van der Waals surface area contributed by atoms with Crippen molar-refractivity contribution in [3.63, 3.8) is 0 Å². The van der Waals surface area contributed by atoms with Gasteiger partial charge < -0.3 is 19.9 Å². The summed E-state index contributed by atoms with van der Waals surface area (Å²) in [5.41, 5.74) is 6.39. The van der Waals surface area contributed by atoms with Gasteiger partial charge in [-0.3, -0.25) is 4.98 Å². The van der Waals surface area contributed by atoms with Gasteiger partial charge in [-0.25, -0.2) is 0 Å². The van der Waals surface area contributed by atoms with Crippen LogP contribution < -0.4 is 10.5 Å². The highest BCUT2D eigenvalue weighted by Gasteiger charge is 2.39. The molecule has 1 spiro atoms. The fraction of sp³-hybridized carbons (Fsp3) is 0.667. The second kappa shape index (κ2) is 6.08. The summed E-state index contributed by atoms with van der Waals surface area (Å²) in [6.07, 6.45) is 5.77. The van der Waals surface area contributed by atoms with Gasteiger partial charge in [0.25, 0.3) is 0 Å². The van der Waals surface area contributed by atoms with Crippen molar-refractivity contribution in [1.29, 1.82) is 0 Å². The lowest BCUT2D eigenvalue weighted by atomic mass is 9.85. The zero-order valence-corrected chi connectivity index (χ0v) is 11.7. The van der Waals surface area contributed by atoms with Crippen molar-refractivity contribution < 1.29 is 14.2 Å². The molecule has 2 aliphatic rings. The number of rotatable bonds is 3. The average molecular weight is 278 g/mol. The van der Waals surface area contributed by atoms with Crippen molar-refractivity contribution in [2.75, 3.05) is 19.8 Å². The first kappa shape index (κ1) is 13.8. The van der Waals surface area contributed by atoms with Crippen LogP contribution in [0.5, 0.6) is 5.75 Å². The van der Waals surface area contributed by atoms with E-state index in [1.54, 1.807) is 6.20 Å². The fourth-order valence-corrected chi connectivity index (χ4v) is 2.97. The zero-order valence-electron chi connectivity index (χ0n) is 11.7. The number of pyridine rings is 1. The summed E-state index contributed by atoms with van der Waals surface area (Å²) in [6, 6.07) is 3.86. The summed E-state index contributed by atoms with van der Waals surface area (Å²) in [7, 11) is 0. The summed E-state index contributed by atoms with van der Waals surface area (Å²) < 4.78 is 17.5. The van der Waals surface area contributed by atoms with Gasteiger partial charge in [0, 0.05) is 32.6 Å². The van der Waals surface area contributed by atoms with E-state index in [0.717, 1.165) is 56.9 Å². The molecule has 1 atom stereocenters. The molecule has 2 aliphatic heterocycles. The predicted molar refractivity (Wildman–Crippen MR) is 74.5 cm³/mol. The molecule has 2 fully saturated rings. The molecular formula is C15H22N2O3. The predicted octanol–water partition coefficient (Wildman–Crippen LogP) is 1.65. The van der Waals surface area contributed by atoms with Crippen LogP contribution in [0, 0.1) is 0 Å². The lowest BCUT2D eigenvalue weighted by molar-refractivity contribution is -0.155. The molecule has 110 valence electrons. The highest BCUT2D eigenvalue weighted by Crippen LogP contribution is 2.35. The molecule has 2 saturated heterocycles. The molecule has 0 bridgehead atoms. The molecule has 0 saturated carbocycles. The van der Waals surface area contributed by atoms with Crippen LogP contribution in [0.15, 0.2) is 18.3 Å². The Balaban J connectivity index is 1.61. The maximum Gasteiger partial charge on any atom is 0.138 e. The molecule has 5 nitrogen and oxygen atoms in total. The van der Waals surface area contributed by atoms with Crippen molar-refractivity contribution >= 4 is 0 Å². The van der Waals surface area contributed by atoms with Crippen molar-refractivity contribution in [1.82, 2.24) is 4.98 Å². The maximum atomic E-state index is 6.06. The normalized spacial score (nSPS) is 25.6. The number of aromatic nitrogens is 1. The standard InChI is InChI=1S/C15H22N2O3/c16-10-12-1-2-14(11-17-12)20-13-3-6-19-15(9-13)4-7-18-8-5-15/h1-2,11,13H,3-10,16H2. The highest BCUT2D eigenvalue weighted by atomic mass is 16.5. The minimum atomic E-state index is -0.0359. The zero-order chi connectivity index (χ0) is 13.8. The van der Waals surface area contributed by atoms with Gasteiger partial charge in [-0.15, -0.1) is 0 Å². The molecule has 1 unspecified atom stereocenters. The Hall–Kier alpha value is -1.17.